The maximum Gasteiger partial charge on any atom is 0.328 e. The van der Waals surface area contributed by atoms with Gasteiger partial charge >= 0.3 is 5.69 Å². The summed E-state index contributed by atoms with van der Waals surface area (Å²) in [6.45, 7) is 5.05. The van der Waals surface area contributed by atoms with E-state index in [9.17, 15) is 9.59 Å². The summed E-state index contributed by atoms with van der Waals surface area (Å²) in [5, 5.41) is 1.61. The fraction of sp³-hybridized carbons (Fsp3) is 0.304. The minimum absolute atomic E-state index is 0.262. The topological polar surface area (TPSA) is 77.1 Å². The number of rotatable bonds is 5. The Bertz CT molecular complexity index is 1330. The number of hydrogen-bond donors (Lipinski definition) is 2. The van der Waals surface area contributed by atoms with Gasteiger partial charge in [0.05, 0.1) is 5.52 Å². The van der Waals surface area contributed by atoms with Gasteiger partial charge in [0.2, 0.25) is 0 Å². The van der Waals surface area contributed by atoms with Crippen LogP contribution in [0.25, 0.3) is 21.9 Å². The lowest BCUT2D eigenvalue weighted by Crippen LogP contribution is -2.47. The molecule has 31 heavy (non-hydrogen) atoms. The average molecular weight is 438 g/mol. The highest BCUT2D eigenvalue weighted by molar-refractivity contribution is 6.30. The Morgan fingerprint density at radius 2 is 1.58 bits per heavy atom. The molecule has 4 aromatic rings. The Morgan fingerprint density at radius 3 is 2.35 bits per heavy atom. The maximum atomic E-state index is 12.9. The van der Waals surface area contributed by atoms with Crippen molar-refractivity contribution in [3.63, 3.8) is 0 Å². The molecule has 1 aliphatic heterocycles. The van der Waals surface area contributed by atoms with Crippen molar-refractivity contribution in [2.24, 2.45) is 0 Å². The molecule has 2 aromatic carbocycles. The molecule has 2 aromatic heterocycles. The Morgan fingerprint density at radius 1 is 0.839 bits per heavy atom. The van der Waals surface area contributed by atoms with Crippen molar-refractivity contribution in [2.75, 3.05) is 37.6 Å². The Balaban J connectivity index is 1.23. The van der Waals surface area contributed by atoms with Crippen LogP contribution in [0.5, 0.6) is 0 Å². The number of anilines is 1. The number of halogens is 1. The summed E-state index contributed by atoms with van der Waals surface area (Å²) < 4.78 is 1.31. The number of benzene rings is 2. The second kappa shape index (κ2) is 8.24. The minimum atomic E-state index is -0.352. The quantitative estimate of drug-likeness (QED) is 0.503. The third-order valence-corrected chi connectivity index (χ3v) is 6.31. The summed E-state index contributed by atoms with van der Waals surface area (Å²) >= 11 is 5.98. The largest absolute Gasteiger partial charge is 0.369 e. The predicted octanol–water partition coefficient (Wildman–Crippen LogP) is 3.04. The number of aromatic amines is 2. The molecule has 8 heteroatoms. The van der Waals surface area contributed by atoms with Gasteiger partial charge in [0.1, 0.15) is 5.52 Å². The predicted molar refractivity (Wildman–Crippen MR) is 125 cm³/mol. The van der Waals surface area contributed by atoms with E-state index in [1.807, 2.05) is 36.4 Å². The van der Waals surface area contributed by atoms with Crippen molar-refractivity contribution in [1.29, 1.82) is 0 Å². The van der Waals surface area contributed by atoms with Crippen molar-refractivity contribution in [1.82, 2.24) is 19.4 Å². The summed E-state index contributed by atoms with van der Waals surface area (Å²) in [6.07, 6.45) is 0.746. The number of piperazine rings is 1. The van der Waals surface area contributed by atoms with Crippen LogP contribution in [0, 0.1) is 0 Å². The van der Waals surface area contributed by atoms with Gasteiger partial charge in [-0.2, -0.15) is 0 Å². The van der Waals surface area contributed by atoms with Crippen LogP contribution in [0.15, 0.2) is 58.1 Å². The first kappa shape index (κ1) is 19.9. The molecule has 0 atom stereocenters. The summed E-state index contributed by atoms with van der Waals surface area (Å²) in [5.41, 5.74) is 2.46. The van der Waals surface area contributed by atoms with E-state index in [0.29, 0.717) is 17.6 Å². The van der Waals surface area contributed by atoms with Crippen LogP contribution >= 0.6 is 11.6 Å². The zero-order chi connectivity index (χ0) is 21.4. The zero-order valence-electron chi connectivity index (χ0n) is 17.1. The molecule has 160 valence electrons. The van der Waals surface area contributed by atoms with Crippen LogP contribution in [0.1, 0.15) is 6.42 Å². The summed E-state index contributed by atoms with van der Waals surface area (Å²) in [7, 11) is 0. The van der Waals surface area contributed by atoms with E-state index in [4.69, 9.17) is 11.6 Å². The molecule has 0 aliphatic carbocycles. The molecule has 0 amide bonds. The van der Waals surface area contributed by atoms with Gasteiger partial charge in [-0.3, -0.25) is 14.3 Å². The summed E-state index contributed by atoms with van der Waals surface area (Å²) in [6, 6.07) is 15.5. The molecule has 3 heterocycles. The smallest absolute Gasteiger partial charge is 0.328 e. The second-order valence-corrected chi connectivity index (χ2v) is 8.40. The van der Waals surface area contributed by atoms with Crippen molar-refractivity contribution in [2.45, 2.75) is 13.0 Å². The number of H-pyrrole nitrogens is 2. The third kappa shape index (κ3) is 3.86. The minimum Gasteiger partial charge on any atom is -0.369 e. The van der Waals surface area contributed by atoms with Crippen LogP contribution in [-0.2, 0) is 6.54 Å². The number of hydrogen-bond acceptors (Lipinski definition) is 4. The monoisotopic (exact) mass is 437 g/mol. The van der Waals surface area contributed by atoms with E-state index in [-0.39, 0.29) is 11.2 Å². The van der Waals surface area contributed by atoms with Crippen LogP contribution in [-0.4, -0.2) is 52.2 Å². The molecule has 0 spiro atoms. The first-order chi connectivity index (χ1) is 15.1. The van der Waals surface area contributed by atoms with E-state index in [2.05, 4.69) is 31.9 Å². The molecule has 0 saturated carbocycles. The van der Waals surface area contributed by atoms with Gasteiger partial charge in [-0.25, -0.2) is 4.79 Å². The van der Waals surface area contributed by atoms with Crippen molar-refractivity contribution in [3.05, 3.63) is 74.4 Å². The van der Waals surface area contributed by atoms with Gasteiger partial charge in [0, 0.05) is 54.3 Å². The number of para-hydroxylation sites is 1. The molecule has 5 rings (SSSR count). The maximum absolute atomic E-state index is 12.9. The molecule has 1 saturated heterocycles. The molecule has 1 aliphatic rings. The summed E-state index contributed by atoms with van der Waals surface area (Å²) in [4.78, 5) is 36.2. The Hall–Kier alpha value is -3.03. The molecule has 0 bridgehead atoms. The van der Waals surface area contributed by atoms with Gasteiger partial charge < -0.3 is 14.9 Å². The van der Waals surface area contributed by atoms with Crippen molar-refractivity contribution < 1.29 is 0 Å². The number of aromatic nitrogens is 3. The normalized spacial score (nSPS) is 15.2. The van der Waals surface area contributed by atoms with E-state index in [1.54, 1.807) is 0 Å². The molecular formula is C23H24ClN5O2. The van der Waals surface area contributed by atoms with Crippen LogP contribution in [0.2, 0.25) is 5.02 Å². The van der Waals surface area contributed by atoms with Crippen molar-refractivity contribution >= 4 is 39.2 Å². The number of nitrogens with zero attached hydrogens (tertiary/aromatic N) is 3. The molecule has 0 unspecified atom stereocenters. The van der Waals surface area contributed by atoms with Gasteiger partial charge in [0.25, 0.3) is 5.56 Å². The molecule has 2 N–H and O–H groups in total. The second-order valence-electron chi connectivity index (χ2n) is 7.97. The lowest BCUT2D eigenvalue weighted by atomic mass is 10.2. The molecule has 7 nitrogen and oxygen atoms in total. The SMILES string of the molecule is O=c1[nH]c2c([nH]c3ccccc32)c(=O)n1CCCN1CCN(c2ccc(Cl)cc2)CC1. The van der Waals surface area contributed by atoms with E-state index in [1.165, 1.54) is 10.3 Å². The first-order valence-electron chi connectivity index (χ1n) is 10.6. The van der Waals surface area contributed by atoms with Gasteiger partial charge in [0.15, 0.2) is 0 Å². The Kier molecular flexibility index (Phi) is 5.29. The van der Waals surface area contributed by atoms with E-state index >= 15 is 0 Å². The fourth-order valence-electron chi connectivity index (χ4n) is 4.37. The molecular weight excluding hydrogens is 414 g/mol. The molecule has 0 radical (unpaired) electrons. The Labute approximate surface area is 183 Å². The standard InChI is InChI=1S/C23H24ClN5O2/c24-16-6-8-17(9-7-16)28-14-12-27(13-15-28)10-3-11-29-22(30)21-20(26-23(29)31)18-4-1-2-5-19(18)25-21/h1-2,4-9,25H,3,10-15H2,(H,26,31). The van der Waals surface area contributed by atoms with E-state index in [0.717, 1.165) is 55.1 Å². The highest BCUT2D eigenvalue weighted by Gasteiger charge is 2.17. The lowest BCUT2D eigenvalue weighted by molar-refractivity contribution is 0.249. The van der Waals surface area contributed by atoms with Crippen LogP contribution in [0.3, 0.4) is 0 Å². The van der Waals surface area contributed by atoms with Crippen LogP contribution in [0.4, 0.5) is 5.69 Å². The van der Waals surface area contributed by atoms with Gasteiger partial charge in [-0.05, 0) is 43.3 Å². The van der Waals surface area contributed by atoms with Crippen molar-refractivity contribution in [3.8, 4) is 0 Å². The average Bonchev–Trinajstić information content (AvgIpc) is 3.16. The molecule has 1 fully saturated rings. The first-order valence-corrected chi connectivity index (χ1v) is 10.9. The summed E-state index contributed by atoms with van der Waals surface area (Å²) in [5.74, 6) is 0. The third-order valence-electron chi connectivity index (χ3n) is 6.06. The van der Waals surface area contributed by atoms with Gasteiger partial charge in [-0.15, -0.1) is 0 Å². The fourth-order valence-corrected chi connectivity index (χ4v) is 4.50. The zero-order valence-corrected chi connectivity index (χ0v) is 17.9. The highest BCUT2D eigenvalue weighted by Crippen LogP contribution is 2.21. The van der Waals surface area contributed by atoms with Gasteiger partial charge in [-0.1, -0.05) is 29.8 Å². The lowest BCUT2D eigenvalue weighted by Gasteiger charge is -2.36. The number of nitrogens with one attached hydrogen (secondary N) is 2. The highest BCUT2D eigenvalue weighted by atomic mass is 35.5. The van der Waals surface area contributed by atoms with E-state index < -0.39 is 0 Å². The van der Waals surface area contributed by atoms with Crippen LogP contribution < -0.4 is 16.1 Å². The number of fused-ring (bicyclic) bond motifs is 3.